The highest BCUT2D eigenvalue weighted by atomic mass is 16.7. The van der Waals surface area contributed by atoms with Crippen LogP contribution in [0.1, 0.15) is 42.9 Å². The van der Waals surface area contributed by atoms with Gasteiger partial charge in [0.1, 0.15) is 6.54 Å². The molecule has 0 unspecified atom stereocenters. The number of nitro groups is 1. The Bertz CT molecular complexity index is 1510. The summed E-state index contributed by atoms with van der Waals surface area (Å²) in [5.41, 5.74) is 4.06. The van der Waals surface area contributed by atoms with Crippen molar-refractivity contribution >= 4 is 29.1 Å². The molecule has 0 aliphatic carbocycles. The van der Waals surface area contributed by atoms with Crippen molar-refractivity contribution < 1.29 is 33.8 Å². The monoisotopic (exact) mass is 647 g/mol. The van der Waals surface area contributed by atoms with Crippen LogP contribution in [0.3, 0.4) is 0 Å². The number of carbonyl (C=O) groups excluding carboxylic acids is 2. The summed E-state index contributed by atoms with van der Waals surface area (Å²) in [6.07, 6.45) is -1.20. The Morgan fingerprint density at radius 3 is 2.38 bits per heavy atom. The topological polar surface area (TPSA) is 156 Å². The molecule has 0 radical (unpaired) electrons. The number of carbonyl (C=O) groups is 2. The molecule has 4 atom stereocenters. The lowest BCUT2D eigenvalue weighted by Crippen LogP contribution is -2.51. The summed E-state index contributed by atoms with van der Waals surface area (Å²) in [6, 6.07) is 21.1. The number of amides is 2. The van der Waals surface area contributed by atoms with Crippen LogP contribution in [0.5, 0.6) is 0 Å². The Balaban J connectivity index is 1.28. The van der Waals surface area contributed by atoms with E-state index in [1.54, 1.807) is 37.3 Å². The van der Waals surface area contributed by atoms with Crippen LogP contribution in [0.4, 0.5) is 21.9 Å². The maximum atomic E-state index is 12.4. The van der Waals surface area contributed by atoms with Crippen molar-refractivity contribution in [3.63, 3.8) is 0 Å². The van der Waals surface area contributed by atoms with Crippen LogP contribution >= 0.6 is 0 Å². The Hall–Kier alpha value is -4.56. The van der Waals surface area contributed by atoms with Gasteiger partial charge in [-0.05, 0) is 42.3 Å². The van der Waals surface area contributed by atoms with Gasteiger partial charge in [-0.2, -0.15) is 0 Å². The zero-order chi connectivity index (χ0) is 33.3. The fourth-order valence-electron chi connectivity index (χ4n) is 5.86. The molecule has 250 valence electrons. The number of esters is 1. The second-order valence-electron chi connectivity index (χ2n) is 11.6. The second-order valence-corrected chi connectivity index (χ2v) is 11.6. The first-order valence-corrected chi connectivity index (χ1v) is 15.8. The van der Waals surface area contributed by atoms with Crippen LogP contribution < -0.4 is 15.5 Å². The first-order chi connectivity index (χ1) is 22.7. The number of nitro benzene ring substituents is 1. The van der Waals surface area contributed by atoms with E-state index in [1.165, 1.54) is 12.1 Å². The Labute approximate surface area is 273 Å². The van der Waals surface area contributed by atoms with Crippen LogP contribution in [-0.2, 0) is 25.6 Å². The fraction of sp³-hybridized carbons (Fsp3) is 0.412. The first-order valence-electron chi connectivity index (χ1n) is 15.8. The fourth-order valence-corrected chi connectivity index (χ4v) is 5.86. The number of aliphatic hydroxyl groups is 1. The van der Waals surface area contributed by atoms with Gasteiger partial charge in [0.2, 0.25) is 0 Å². The summed E-state index contributed by atoms with van der Waals surface area (Å²) >= 11 is 0. The molecule has 2 aliphatic heterocycles. The van der Waals surface area contributed by atoms with E-state index < -0.39 is 23.2 Å². The van der Waals surface area contributed by atoms with E-state index in [0.29, 0.717) is 12.2 Å². The third-order valence-electron chi connectivity index (χ3n) is 8.47. The van der Waals surface area contributed by atoms with Crippen LogP contribution in [0.25, 0.3) is 0 Å². The summed E-state index contributed by atoms with van der Waals surface area (Å²) < 4.78 is 18.1. The van der Waals surface area contributed by atoms with E-state index in [4.69, 9.17) is 14.2 Å². The second kappa shape index (κ2) is 15.8. The smallest absolute Gasteiger partial charge is 0.325 e. The van der Waals surface area contributed by atoms with Crippen LogP contribution in [0.15, 0.2) is 72.8 Å². The number of hydrogen-bond acceptors (Lipinski definition) is 10. The third-order valence-corrected chi connectivity index (χ3v) is 8.47. The Morgan fingerprint density at radius 2 is 1.72 bits per heavy atom. The van der Waals surface area contributed by atoms with E-state index in [1.807, 2.05) is 30.3 Å². The minimum absolute atomic E-state index is 0.00566. The molecule has 2 fully saturated rings. The number of aliphatic hydroxyl groups excluding tert-OH is 1. The van der Waals surface area contributed by atoms with Gasteiger partial charge in [0.05, 0.1) is 30.3 Å². The molecule has 2 amide bonds. The van der Waals surface area contributed by atoms with Crippen molar-refractivity contribution in [2.24, 2.45) is 5.92 Å². The Morgan fingerprint density at radius 1 is 1.00 bits per heavy atom. The normalized spacial score (nSPS) is 21.6. The SMILES string of the molecule is CCOC(=O)CNC(=O)Nc1cccc([C@@H]2O[C@H](CN3CCN(c4ccc([N+](=O)[O-])cc4)CC3)[C@H](C)[C@H](c3ccc(CO)cc3)O2)c1. The predicted octanol–water partition coefficient (Wildman–Crippen LogP) is 4.39. The molecular weight excluding hydrogens is 606 g/mol. The number of anilines is 2. The number of non-ortho nitro benzene ring substituents is 1. The van der Waals surface area contributed by atoms with Crippen molar-refractivity contribution in [1.29, 1.82) is 0 Å². The molecule has 3 aromatic carbocycles. The molecule has 0 aromatic heterocycles. The minimum Gasteiger partial charge on any atom is -0.465 e. The van der Waals surface area contributed by atoms with Gasteiger partial charge in [-0.15, -0.1) is 0 Å². The van der Waals surface area contributed by atoms with Crippen molar-refractivity contribution in [1.82, 2.24) is 10.2 Å². The lowest BCUT2D eigenvalue weighted by Gasteiger charge is -2.44. The average Bonchev–Trinajstić information content (AvgIpc) is 3.09. The molecule has 2 saturated heterocycles. The van der Waals surface area contributed by atoms with Crippen molar-refractivity contribution in [2.75, 3.05) is 56.1 Å². The summed E-state index contributed by atoms with van der Waals surface area (Å²) in [5.74, 6) is -0.528. The standard InChI is InChI=1S/C34H41N5O8/c1-3-45-31(41)20-35-34(42)36-27-6-4-5-26(19-27)33-46-30(23(2)32(47-33)25-9-7-24(22-40)8-10-25)21-37-15-17-38(18-16-37)28-11-13-29(14-12-28)39(43)44/h4-14,19,23,30,32-33,40H,3,15-18,20-22H2,1-2H3,(H2,35,36,42)/t23-,30+,32+,33+/m0/s1. The first kappa shape index (κ1) is 33.8. The predicted molar refractivity (Wildman–Crippen MR) is 175 cm³/mol. The maximum absolute atomic E-state index is 12.4. The molecule has 0 saturated carbocycles. The zero-order valence-electron chi connectivity index (χ0n) is 26.5. The minimum atomic E-state index is -0.718. The highest BCUT2D eigenvalue weighted by Gasteiger charge is 2.39. The molecule has 2 aliphatic rings. The van der Waals surface area contributed by atoms with Crippen LogP contribution in [0, 0.1) is 16.0 Å². The molecule has 3 aromatic rings. The summed E-state index contributed by atoms with van der Waals surface area (Å²) in [6.45, 7) is 7.57. The maximum Gasteiger partial charge on any atom is 0.325 e. The largest absolute Gasteiger partial charge is 0.465 e. The lowest BCUT2D eigenvalue weighted by molar-refractivity contribution is -0.384. The number of benzene rings is 3. The van der Waals surface area contributed by atoms with E-state index >= 15 is 0 Å². The van der Waals surface area contributed by atoms with E-state index in [-0.39, 0.29) is 43.6 Å². The highest BCUT2D eigenvalue weighted by molar-refractivity contribution is 5.91. The quantitative estimate of drug-likeness (QED) is 0.155. The van der Waals surface area contributed by atoms with Gasteiger partial charge >= 0.3 is 12.0 Å². The van der Waals surface area contributed by atoms with Gasteiger partial charge in [-0.1, -0.05) is 43.3 Å². The van der Waals surface area contributed by atoms with E-state index in [9.17, 15) is 24.8 Å². The van der Waals surface area contributed by atoms with Crippen molar-refractivity contribution in [3.8, 4) is 0 Å². The molecule has 13 heteroatoms. The number of ether oxygens (including phenoxy) is 3. The lowest BCUT2D eigenvalue weighted by atomic mass is 9.90. The van der Waals surface area contributed by atoms with Crippen molar-refractivity contribution in [2.45, 2.75) is 39.0 Å². The van der Waals surface area contributed by atoms with Gasteiger partial charge < -0.3 is 34.9 Å². The van der Waals surface area contributed by atoms with Crippen LogP contribution in [0.2, 0.25) is 0 Å². The zero-order valence-corrected chi connectivity index (χ0v) is 26.5. The van der Waals surface area contributed by atoms with E-state index in [0.717, 1.165) is 48.6 Å². The number of nitrogens with zero attached hydrogens (tertiary/aromatic N) is 3. The van der Waals surface area contributed by atoms with Gasteiger partial charge in [0.15, 0.2) is 6.29 Å². The molecular formula is C34H41N5O8. The molecule has 3 N–H and O–H groups in total. The van der Waals surface area contributed by atoms with Crippen LogP contribution in [-0.4, -0.2) is 78.9 Å². The number of piperazine rings is 1. The summed E-state index contributed by atoms with van der Waals surface area (Å²) in [7, 11) is 0. The van der Waals surface area contributed by atoms with E-state index in [2.05, 4.69) is 27.4 Å². The molecule has 5 rings (SSSR count). The highest BCUT2D eigenvalue weighted by Crippen LogP contribution is 2.42. The van der Waals surface area contributed by atoms with Gasteiger partial charge in [0.25, 0.3) is 5.69 Å². The average molecular weight is 648 g/mol. The molecule has 2 heterocycles. The molecule has 13 nitrogen and oxygen atoms in total. The van der Waals surface area contributed by atoms with Gasteiger partial charge in [-0.25, -0.2) is 4.79 Å². The molecule has 47 heavy (non-hydrogen) atoms. The van der Waals surface area contributed by atoms with Crippen molar-refractivity contribution in [3.05, 3.63) is 99.6 Å². The summed E-state index contributed by atoms with van der Waals surface area (Å²) in [5, 5.41) is 25.8. The van der Waals surface area contributed by atoms with Gasteiger partial charge in [-0.3, -0.25) is 19.8 Å². The number of urea groups is 1. The number of hydrogen-bond donors (Lipinski definition) is 3. The summed E-state index contributed by atoms with van der Waals surface area (Å²) in [4.78, 5) is 39.3. The number of nitrogens with one attached hydrogen (secondary N) is 2. The third kappa shape index (κ3) is 8.83. The molecule has 0 spiro atoms. The number of rotatable bonds is 11. The van der Waals surface area contributed by atoms with Gasteiger partial charge in [0, 0.05) is 67.7 Å². The molecule has 0 bridgehead atoms. The Kier molecular flexibility index (Phi) is 11.4.